The van der Waals surface area contributed by atoms with E-state index >= 15 is 0 Å². The van der Waals surface area contributed by atoms with Crippen LogP contribution in [0.1, 0.15) is 39.5 Å². The molecule has 0 N–H and O–H groups in total. The van der Waals surface area contributed by atoms with Crippen LogP contribution in [0, 0.1) is 16.0 Å². The molecule has 0 aromatic carbocycles. The maximum absolute atomic E-state index is 10.6. The lowest BCUT2D eigenvalue weighted by atomic mass is 9.78. The molecule has 64 valence electrons. The molecule has 0 aromatic heterocycles. The van der Waals surface area contributed by atoms with Gasteiger partial charge in [-0.1, -0.05) is 13.3 Å². The van der Waals surface area contributed by atoms with E-state index in [1.807, 2.05) is 0 Å². The summed E-state index contributed by atoms with van der Waals surface area (Å²) in [6.45, 7) is 3.86. The smallest absolute Gasteiger partial charge is 0.219 e. The third-order valence-electron chi connectivity index (χ3n) is 2.64. The van der Waals surface area contributed by atoms with Crippen molar-refractivity contribution in [1.82, 2.24) is 0 Å². The first-order valence-corrected chi connectivity index (χ1v) is 4.19. The molecule has 3 nitrogen and oxygen atoms in total. The zero-order valence-corrected chi connectivity index (χ0v) is 7.17. The minimum Gasteiger partial charge on any atom is -0.264 e. The Balaban J connectivity index is 2.63. The van der Waals surface area contributed by atoms with Crippen LogP contribution in [-0.2, 0) is 0 Å². The number of hydrogen-bond donors (Lipinski definition) is 0. The molecule has 1 aliphatic carbocycles. The molecule has 0 saturated heterocycles. The molecule has 1 rings (SSSR count). The van der Waals surface area contributed by atoms with Gasteiger partial charge in [-0.25, -0.2) is 0 Å². The SMILES string of the molecule is CC1CCCC(C)([N+](=O)[O-])C1. The van der Waals surface area contributed by atoms with Crippen molar-refractivity contribution < 1.29 is 4.92 Å². The predicted molar refractivity (Wildman–Crippen MR) is 43.0 cm³/mol. The fraction of sp³-hybridized carbons (Fsp3) is 1.00. The second-order valence-electron chi connectivity index (χ2n) is 3.96. The van der Waals surface area contributed by atoms with Gasteiger partial charge in [0.25, 0.3) is 0 Å². The molecule has 0 amide bonds. The van der Waals surface area contributed by atoms with Crippen LogP contribution in [0.25, 0.3) is 0 Å². The topological polar surface area (TPSA) is 43.1 Å². The fourth-order valence-corrected chi connectivity index (χ4v) is 1.95. The maximum Gasteiger partial charge on any atom is 0.219 e. The second-order valence-corrected chi connectivity index (χ2v) is 3.96. The van der Waals surface area contributed by atoms with Crippen LogP contribution < -0.4 is 0 Å². The van der Waals surface area contributed by atoms with E-state index < -0.39 is 5.54 Å². The van der Waals surface area contributed by atoms with Crippen LogP contribution in [-0.4, -0.2) is 10.5 Å². The van der Waals surface area contributed by atoms with Gasteiger partial charge in [0.1, 0.15) is 0 Å². The number of nitrogens with zero attached hydrogens (tertiary/aromatic N) is 1. The molecular weight excluding hydrogens is 142 g/mol. The summed E-state index contributed by atoms with van der Waals surface area (Å²) in [5.74, 6) is 0.527. The van der Waals surface area contributed by atoms with Gasteiger partial charge in [-0.2, -0.15) is 0 Å². The lowest BCUT2D eigenvalue weighted by molar-refractivity contribution is -0.571. The maximum atomic E-state index is 10.6. The van der Waals surface area contributed by atoms with Crippen molar-refractivity contribution in [3.63, 3.8) is 0 Å². The average molecular weight is 157 g/mol. The highest BCUT2D eigenvalue weighted by Crippen LogP contribution is 2.33. The molecule has 2 unspecified atom stereocenters. The van der Waals surface area contributed by atoms with Crippen LogP contribution in [0.4, 0.5) is 0 Å². The van der Waals surface area contributed by atoms with Crippen molar-refractivity contribution >= 4 is 0 Å². The lowest BCUT2D eigenvalue weighted by Crippen LogP contribution is -2.39. The van der Waals surface area contributed by atoms with Crippen molar-refractivity contribution in [2.75, 3.05) is 0 Å². The summed E-state index contributed by atoms with van der Waals surface area (Å²) < 4.78 is 0. The average Bonchev–Trinajstić information content (AvgIpc) is 1.86. The Labute approximate surface area is 66.9 Å². The van der Waals surface area contributed by atoms with Gasteiger partial charge in [0, 0.05) is 24.7 Å². The van der Waals surface area contributed by atoms with Gasteiger partial charge < -0.3 is 0 Å². The summed E-state index contributed by atoms with van der Waals surface area (Å²) in [6.07, 6.45) is 3.67. The van der Waals surface area contributed by atoms with Crippen molar-refractivity contribution in [3.05, 3.63) is 10.1 Å². The molecule has 0 bridgehead atoms. The van der Waals surface area contributed by atoms with Gasteiger partial charge in [-0.15, -0.1) is 0 Å². The second kappa shape index (κ2) is 2.80. The van der Waals surface area contributed by atoms with E-state index in [1.54, 1.807) is 6.92 Å². The largest absolute Gasteiger partial charge is 0.264 e. The molecule has 1 aliphatic rings. The van der Waals surface area contributed by atoms with E-state index in [0.717, 1.165) is 25.7 Å². The van der Waals surface area contributed by atoms with Gasteiger partial charge in [-0.05, 0) is 12.3 Å². The zero-order valence-electron chi connectivity index (χ0n) is 7.17. The first-order chi connectivity index (χ1) is 5.04. The first kappa shape index (κ1) is 8.50. The molecule has 11 heavy (non-hydrogen) atoms. The van der Waals surface area contributed by atoms with Crippen LogP contribution in [0.15, 0.2) is 0 Å². The monoisotopic (exact) mass is 157 g/mol. The Morgan fingerprint density at radius 1 is 1.64 bits per heavy atom. The summed E-state index contributed by atoms with van der Waals surface area (Å²) in [7, 11) is 0. The molecule has 2 atom stereocenters. The molecule has 0 aliphatic heterocycles. The van der Waals surface area contributed by atoms with Crippen LogP contribution in [0.2, 0.25) is 0 Å². The number of hydrogen-bond acceptors (Lipinski definition) is 2. The van der Waals surface area contributed by atoms with Crippen LogP contribution in [0.3, 0.4) is 0 Å². The quantitative estimate of drug-likeness (QED) is 0.432. The Kier molecular flexibility index (Phi) is 2.16. The summed E-state index contributed by atoms with van der Waals surface area (Å²) in [6, 6.07) is 0. The van der Waals surface area contributed by atoms with E-state index in [1.165, 1.54) is 0 Å². The first-order valence-electron chi connectivity index (χ1n) is 4.19. The van der Waals surface area contributed by atoms with Crippen molar-refractivity contribution in [1.29, 1.82) is 0 Å². The molecule has 0 radical (unpaired) electrons. The van der Waals surface area contributed by atoms with Gasteiger partial charge >= 0.3 is 0 Å². The lowest BCUT2D eigenvalue weighted by Gasteiger charge is -2.29. The van der Waals surface area contributed by atoms with Crippen molar-refractivity contribution in [2.24, 2.45) is 5.92 Å². The molecular formula is C8H15NO2. The predicted octanol–water partition coefficient (Wildman–Crippen LogP) is 2.23. The molecule has 1 fully saturated rings. The van der Waals surface area contributed by atoms with E-state index in [4.69, 9.17) is 0 Å². The zero-order chi connectivity index (χ0) is 8.48. The molecule has 1 saturated carbocycles. The molecule has 0 spiro atoms. The fourth-order valence-electron chi connectivity index (χ4n) is 1.95. The summed E-state index contributed by atoms with van der Waals surface area (Å²) >= 11 is 0. The summed E-state index contributed by atoms with van der Waals surface area (Å²) in [5, 5.41) is 10.6. The van der Waals surface area contributed by atoms with Crippen molar-refractivity contribution in [2.45, 2.75) is 45.1 Å². The van der Waals surface area contributed by atoms with E-state index in [0.29, 0.717) is 5.92 Å². The van der Waals surface area contributed by atoms with Gasteiger partial charge in [0.15, 0.2) is 0 Å². The minimum absolute atomic E-state index is 0.108. The normalized spacial score (nSPS) is 38.5. The third kappa shape index (κ3) is 1.70. The Bertz CT molecular complexity index is 169. The standard InChI is InChI=1S/C8H15NO2/c1-7-4-3-5-8(2,6-7)9(10)11/h7H,3-6H2,1-2H3. The van der Waals surface area contributed by atoms with Crippen LogP contribution in [0.5, 0.6) is 0 Å². The highest BCUT2D eigenvalue weighted by molar-refractivity contribution is 4.81. The summed E-state index contributed by atoms with van der Waals surface area (Å²) in [5.41, 5.74) is -0.627. The van der Waals surface area contributed by atoms with E-state index in [-0.39, 0.29) is 4.92 Å². The molecule has 0 aromatic rings. The van der Waals surface area contributed by atoms with Crippen molar-refractivity contribution in [3.8, 4) is 0 Å². The van der Waals surface area contributed by atoms with Gasteiger partial charge in [0.2, 0.25) is 5.54 Å². The summed E-state index contributed by atoms with van der Waals surface area (Å²) in [4.78, 5) is 10.5. The molecule has 0 heterocycles. The Morgan fingerprint density at radius 2 is 2.27 bits per heavy atom. The minimum atomic E-state index is -0.627. The molecule has 3 heteroatoms. The Hall–Kier alpha value is -0.600. The van der Waals surface area contributed by atoms with Crippen LogP contribution >= 0.6 is 0 Å². The van der Waals surface area contributed by atoms with E-state index in [9.17, 15) is 10.1 Å². The number of rotatable bonds is 1. The van der Waals surface area contributed by atoms with Gasteiger partial charge in [0.05, 0.1) is 0 Å². The highest BCUT2D eigenvalue weighted by Gasteiger charge is 2.40. The van der Waals surface area contributed by atoms with E-state index in [2.05, 4.69) is 6.92 Å². The number of nitro groups is 1. The van der Waals surface area contributed by atoms with Gasteiger partial charge in [-0.3, -0.25) is 10.1 Å². The third-order valence-corrected chi connectivity index (χ3v) is 2.64. The Morgan fingerprint density at radius 3 is 2.64 bits per heavy atom. The highest BCUT2D eigenvalue weighted by atomic mass is 16.6.